The van der Waals surface area contributed by atoms with Crippen molar-refractivity contribution in [1.29, 1.82) is 0 Å². The van der Waals surface area contributed by atoms with Gasteiger partial charge in [0.1, 0.15) is 11.6 Å². The van der Waals surface area contributed by atoms with Crippen LogP contribution in [0.4, 0.5) is 4.39 Å². The highest BCUT2D eigenvalue weighted by Gasteiger charge is 2.24. The number of nitrogens with zero attached hydrogens (tertiary/aromatic N) is 2. The number of aryl methyl sites for hydroxylation is 2. The van der Waals surface area contributed by atoms with E-state index in [-0.39, 0.29) is 17.8 Å². The molecule has 5 nitrogen and oxygen atoms in total. The molecule has 1 amide bonds. The molecular formula is C19H23FN2O3. The summed E-state index contributed by atoms with van der Waals surface area (Å²) >= 11 is 0. The van der Waals surface area contributed by atoms with Crippen LogP contribution in [0.5, 0.6) is 0 Å². The Hall–Kier alpha value is -2.21. The number of morpholine rings is 1. The molecule has 0 aliphatic carbocycles. The molecule has 25 heavy (non-hydrogen) atoms. The normalized spacial score (nSPS) is 17.7. The minimum atomic E-state index is -0.249. The number of ether oxygens (including phenoxy) is 1. The Bertz CT molecular complexity index is 725. The lowest BCUT2D eigenvalue weighted by atomic mass is 10.1. The molecule has 0 radical (unpaired) electrons. The van der Waals surface area contributed by atoms with Crippen LogP contribution in [0.25, 0.3) is 0 Å². The Morgan fingerprint density at radius 3 is 2.96 bits per heavy atom. The number of benzene rings is 1. The van der Waals surface area contributed by atoms with Crippen LogP contribution in [0.2, 0.25) is 0 Å². The Morgan fingerprint density at radius 2 is 2.24 bits per heavy atom. The van der Waals surface area contributed by atoms with Gasteiger partial charge in [-0.3, -0.25) is 4.79 Å². The summed E-state index contributed by atoms with van der Waals surface area (Å²) in [6.07, 6.45) is 1.56. The Kier molecular flexibility index (Phi) is 5.48. The van der Waals surface area contributed by atoms with Crippen molar-refractivity contribution in [2.75, 3.05) is 19.7 Å². The van der Waals surface area contributed by atoms with Gasteiger partial charge >= 0.3 is 0 Å². The molecule has 2 heterocycles. The van der Waals surface area contributed by atoms with Crippen molar-refractivity contribution in [2.45, 2.75) is 39.2 Å². The second-order valence-electron chi connectivity index (χ2n) is 6.47. The zero-order chi connectivity index (χ0) is 17.8. The van der Waals surface area contributed by atoms with Gasteiger partial charge in [0.2, 0.25) is 5.91 Å². The summed E-state index contributed by atoms with van der Waals surface area (Å²) in [4.78, 5) is 14.4. The molecule has 0 saturated carbocycles. The average molecular weight is 346 g/mol. The van der Waals surface area contributed by atoms with Gasteiger partial charge in [0, 0.05) is 31.5 Å². The highest BCUT2D eigenvalue weighted by atomic mass is 19.1. The quantitative estimate of drug-likeness (QED) is 0.835. The molecule has 0 N–H and O–H groups in total. The van der Waals surface area contributed by atoms with Crippen LogP contribution in [-0.2, 0) is 22.4 Å². The molecule has 6 heteroatoms. The van der Waals surface area contributed by atoms with Crippen LogP contribution in [-0.4, -0.2) is 41.8 Å². The molecule has 0 unspecified atom stereocenters. The summed E-state index contributed by atoms with van der Waals surface area (Å²) in [7, 11) is 0. The Morgan fingerprint density at radius 1 is 1.40 bits per heavy atom. The lowest BCUT2D eigenvalue weighted by Crippen LogP contribution is -2.46. The number of aromatic nitrogens is 1. The summed E-state index contributed by atoms with van der Waals surface area (Å²) in [5, 5.41) is 3.92. The standard InChI is InChI=1S/C19H23FN2O3/c1-13-18(14(2)25-21-13)6-7-19(23)22-8-9-24-17(12-22)11-15-4-3-5-16(20)10-15/h3-5,10,17H,6-9,11-12H2,1-2H3/t17-/m1/s1. The van der Waals surface area contributed by atoms with Crippen LogP contribution < -0.4 is 0 Å². The number of carbonyl (C=O) groups is 1. The van der Waals surface area contributed by atoms with E-state index in [1.807, 2.05) is 24.8 Å². The summed E-state index contributed by atoms with van der Waals surface area (Å²) in [5.74, 6) is 0.629. The molecule has 1 aliphatic rings. The van der Waals surface area contributed by atoms with E-state index >= 15 is 0 Å². The fourth-order valence-corrected chi connectivity index (χ4v) is 3.25. The maximum absolute atomic E-state index is 13.3. The molecule has 1 fully saturated rings. The molecule has 1 aliphatic heterocycles. The monoisotopic (exact) mass is 346 g/mol. The van der Waals surface area contributed by atoms with Crippen molar-refractivity contribution < 1.29 is 18.4 Å². The predicted octanol–water partition coefficient (Wildman–Crippen LogP) is 2.83. The van der Waals surface area contributed by atoms with Gasteiger partial charge in [-0.15, -0.1) is 0 Å². The number of hydrogen-bond acceptors (Lipinski definition) is 4. The Labute approximate surface area is 146 Å². The molecule has 2 aromatic rings. The summed E-state index contributed by atoms with van der Waals surface area (Å²) in [6, 6.07) is 6.52. The molecule has 134 valence electrons. The van der Waals surface area contributed by atoms with E-state index in [9.17, 15) is 9.18 Å². The predicted molar refractivity (Wildman–Crippen MR) is 90.7 cm³/mol. The number of rotatable bonds is 5. The largest absolute Gasteiger partial charge is 0.374 e. The second kappa shape index (κ2) is 7.78. The highest BCUT2D eigenvalue weighted by Crippen LogP contribution is 2.17. The topological polar surface area (TPSA) is 55.6 Å². The third-order valence-electron chi connectivity index (χ3n) is 4.61. The maximum atomic E-state index is 13.3. The van der Waals surface area contributed by atoms with Crippen molar-refractivity contribution >= 4 is 5.91 Å². The summed E-state index contributed by atoms with van der Waals surface area (Å²) in [5.41, 5.74) is 2.74. The van der Waals surface area contributed by atoms with Gasteiger partial charge in [-0.05, 0) is 38.0 Å². The zero-order valence-electron chi connectivity index (χ0n) is 14.6. The first-order chi connectivity index (χ1) is 12.0. The molecule has 0 bridgehead atoms. The lowest BCUT2D eigenvalue weighted by molar-refractivity contribution is -0.138. The van der Waals surface area contributed by atoms with Crippen LogP contribution >= 0.6 is 0 Å². The fraction of sp³-hybridized carbons (Fsp3) is 0.474. The van der Waals surface area contributed by atoms with E-state index in [1.165, 1.54) is 12.1 Å². The van der Waals surface area contributed by atoms with Crippen LogP contribution in [0.1, 0.15) is 29.0 Å². The van der Waals surface area contributed by atoms with E-state index in [2.05, 4.69) is 5.16 Å². The molecular weight excluding hydrogens is 323 g/mol. The number of carbonyl (C=O) groups excluding carboxylic acids is 1. The second-order valence-corrected chi connectivity index (χ2v) is 6.47. The first kappa shape index (κ1) is 17.6. The average Bonchev–Trinajstić information content (AvgIpc) is 2.91. The minimum absolute atomic E-state index is 0.0986. The van der Waals surface area contributed by atoms with Gasteiger partial charge in [-0.25, -0.2) is 4.39 Å². The number of hydrogen-bond donors (Lipinski definition) is 0. The van der Waals surface area contributed by atoms with Gasteiger partial charge in [0.15, 0.2) is 0 Å². The van der Waals surface area contributed by atoms with Gasteiger partial charge < -0.3 is 14.2 Å². The van der Waals surface area contributed by atoms with Crippen molar-refractivity contribution in [3.8, 4) is 0 Å². The SMILES string of the molecule is Cc1noc(C)c1CCC(=O)N1CCO[C@H](Cc2cccc(F)c2)C1. The van der Waals surface area contributed by atoms with E-state index < -0.39 is 0 Å². The highest BCUT2D eigenvalue weighted by molar-refractivity contribution is 5.76. The number of amides is 1. The fourth-order valence-electron chi connectivity index (χ4n) is 3.25. The van der Waals surface area contributed by atoms with E-state index in [0.717, 1.165) is 22.6 Å². The third-order valence-corrected chi connectivity index (χ3v) is 4.61. The smallest absolute Gasteiger partial charge is 0.223 e. The molecule has 1 aromatic heterocycles. The first-order valence-electron chi connectivity index (χ1n) is 8.58. The molecule has 0 spiro atoms. The molecule has 1 atom stereocenters. The van der Waals surface area contributed by atoms with Crippen LogP contribution in [0.3, 0.4) is 0 Å². The first-order valence-corrected chi connectivity index (χ1v) is 8.58. The van der Waals surface area contributed by atoms with E-state index in [0.29, 0.717) is 39.0 Å². The maximum Gasteiger partial charge on any atom is 0.223 e. The third kappa shape index (κ3) is 4.45. The van der Waals surface area contributed by atoms with E-state index in [1.54, 1.807) is 6.07 Å². The van der Waals surface area contributed by atoms with Gasteiger partial charge in [0.05, 0.1) is 18.4 Å². The summed E-state index contributed by atoms with van der Waals surface area (Å²) in [6.45, 7) is 5.40. The Balaban J connectivity index is 1.54. The molecule has 1 saturated heterocycles. The molecule has 1 aromatic carbocycles. The van der Waals surface area contributed by atoms with Crippen molar-refractivity contribution in [1.82, 2.24) is 10.1 Å². The van der Waals surface area contributed by atoms with Crippen LogP contribution in [0.15, 0.2) is 28.8 Å². The molecule has 3 rings (SSSR count). The van der Waals surface area contributed by atoms with Gasteiger partial charge in [-0.1, -0.05) is 17.3 Å². The van der Waals surface area contributed by atoms with Crippen molar-refractivity contribution in [3.05, 3.63) is 52.7 Å². The lowest BCUT2D eigenvalue weighted by Gasteiger charge is -2.33. The number of halogens is 1. The van der Waals surface area contributed by atoms with E-state index in [4.69, 9.17) is 9.26 Å². The van der Waals surface area contributed by atoms with Gasteiger partial charge in [0.25, 0.3) is 0 Å². The summed E-state index contributed by atoms with van der Waals surface area (Å²) < 4.78 is 24.2. The minimum Gasteiger partial charge on any atom is -0.374 e. The van der Waals surface area contributed by atoms with Crippen molar-refractivity contribution in [2.24, 2.45) is 0 Å². The zero-order valence-corrected chi connectivity index (χ0v) is 14.6. The van der Waals surface area contributed by atoms with Crippen LogP contribution in [0, 0.1) is 19.7 Å². The van der Waals surface area contributed by atoms with Gasteiger partial charge in [-0.2, -0.15) is 0 Å². The van der Waals surface area contributed by atoms with Crippen molar-refractivity contribution in [3.63, 3.8) is 0 Å².